The van der Waals surface area contributed by atoms with Gasteiger partial charge in [-0.1, -0.05) is 29.8 Å². The Labute approximate surface area is 204 Å². The first-order chi connectivity index (χ1) is 16.6. The first-order valence-electron chi connectivity index (χ1n) is 11.4. The number of aryl methyl sites for hydroxylation is 2. The van der Waals surface area contributed by atoms with E-state index in [0.717, 1.165) is 11.6 Å². The number of carbonyl (C=O) groups is 2. The second-order valence-corrected chi connectivity index (χ2v) is 10.6. The lowest BCUT2D eigenvalue weighted by Gasteiger charge is -2.31. The molecule has 3 aromatic carbocycles. The van der Waals surface area contributed by atoms with Crippen molar-refractivity contribution in [3.8, 4) is 0 Å². The van der Waals surface area contributed by atoms with E-state index in [9.17, 15) is 22.4 Å². The number of anilines is 1. The van der Waals surface area contributed by atoms with Gasteiger partial charge in [0, 0.05) is 35.8 Å². The predicted octanol–water partition coefficient (Wildman–Crippen LogP) is 4.98. The van der Waals surface area contributed by atoms with E-state index in [1.54, 1.807) is 17.0 Å². The summed E-state index contributed by atoms with van der Waals surface area (Å²) in [6.45, 7) is 4.45. The van der Waals surface area contributed by atoms with Crippen LogP contribution in [0.25, 0.3) is 0 Å². The van der Waals surface area contributed by atoms with Crippen LogP contribution in [-0.2, 0) is 10.0 Å². The van der Waals surface area contributed by atoms with Crippen LogP contribution in [-0.4, -0.2) is 38.1 Å². The molecule has 0 aliphatic carbocycles. The second-order valence-electron chi connectivity index (χ2n) is 8.89. The maximum absolute atomic E-state index is 13.5. The highest BCUT2D eigenvalue weighted by molar-refractivity contribution is 7.92. The average Bonchev–Trinajstić information content (AvgIpc) is 2.85. The van der Waals surface area contributed by atoms with Crippen LogP contribution in [0, 0.1) is 25.6 Å². The van der Waals surface area contributed by atoms with Gasteiger partial charge in [-0.05, 0) is 74.7 Å². The van der Waals surface area contributed by atoms with Gasteiger partial charge in [-0.2, -0.15) is 0 Å². The summed E-state index contributed by atoms with van der Waals surface area (Å²) in [5.41, 5.74) is 2.78. The largest absolute Gasteiger partial charge is 0.339 e. The molecule has 0 bridgehead atoms. The zero-order chi connectivity index (χ0) is 25.2. The van der Waals surface area contributed by atoms with Crippen LogP contribution in [0.3, 0.4) is 0 Å². The number of ketones is 1. The second kappa shape index (κ2) is 10.00. The van der Waals surface area contributed by atoms with Crippen molar-refractivity contribution in [1.82, 2.24) is 4.90 Å². The molecule has 8 heteroatoms. The van der Waals surface area contributed by atoms with E-state index in [-0.39, 0.29) is 28.1 Å². The third-order valence-corrected chi connectivity index (χ3v) is 7.69. The highest BCUT2D eigenvalue weighted by atomic mass is 32.2. The maximum Gasteiger partial charge on any atom is 0.261 e. The number of sulfonamides is 1. The van der Waals surface area contributed by atoms with Crippen LogP contribution < -0.4 is 4.72 Å². The molecular formula is C27H27FN2O4S. The molecule has 0 unspecified atom stereocenters. The fourth-order valence-corrected chi connectivity index (χ4v) is 5.30. The molecule has 1 aliphatic rings. The number of hydrogen-bond donors (Lipinski definition) is 1. The lowest BCUT2D eigenvalue weighted by atomic mass is 9.88. The average molecular weight is 495 g/mol. The van der Waals surface area contributed by atoms with E-state index in [0.29, 0.717) is 42.7 Å². The van der Waals surface area contributed by atoms with Crippen LogP contribution in [0.4, 0.5) is 10.1 Å². The van der Waals surface area contributed by atoms with E-state index >= 15 is 0 Å². The highest BCUT2D eigenvalue weighted by Crippen LogP contribution is 2.24. The summed E-state index contributed by atoms with van der Waals surface area (Å²) in [5.74, 6) is -0.621. The number of nitrogens with zero attached hydrogens (tertiary/aromatic N) is 1. The van der Waals surface area contributed by atoms with Crippen molar-refractivity contribution in [2.24, 2.45) is 5.92 Å². The topological polar surface area (TPSA) is 83.6 Å². The van der Waals surface area contributed by atoms with Crippen molar-refractivity contribution in [3.63, 3.8) is 0 Å². The molecule has 4 rings (SSSR count). The van der Waals surface area contributed by atoms with E-state index < -0.39 is 15.8 Å². The van der Waals surface area contributed by atoms with Crippen LogP contribution in [0.2, 0.25) is 0 Å². The number of Topliss-reactive ketones (excluding diaryl/α,β-unsaturated/α-hetero) is 1. The Morgan fingerprint density at radius 1 is 0.886 bits per heavy atom. The Hall–Kier alpha value is -3.52. The van der Waals surface area contributed by atoms with E-state index in [1.165, 1.54) is 31.2 Å². The summed E-state index contributed by atoms with van der Waals surface area (Å²) in [6, 6.07) is 17.3. The summed E-state index contributed by atoms with van der Waals surface area (Å²) in [5, 5.41) is 0. The number of carbonyl (C=O) groups excluding carboxylic acids is 2. The van der Waals surface area contributed by atoms with Gasteiger partial charge in [0.25, 0.3) is 15.9 Å². The Balaban J connectivity index is 1.36. The standard InChI is InChI=1S/C27H27FN2O4S/c1-18-3-5-20(6-4-18)26(31)21-13-15-30(16-14-21)27(32)22-7-9-23(10-8-22)29-35(33,34)24-11-12-25(28)19(2)17-24/h3-12,17,21,29H,13-16H2,1-2H3. The van der Waals surface area contributed by atoms with Gasteiger partial charge in [0.2, 0.25) is 0 Å². The Kier molecular flexibility index (Phi) is 7.03. The van der Waals surface area contributed by atoms with Crippen molar-refractivity contribution in [2.75, 3.05) is 17.8 Å². The van der Waals surface area contributed by atoms with E-state index in [4.69, 9.17) is 0 Å². The van der Waals surface area contributed by atoms with E-state index in [1.807, 2.05) is 31.2 Å². The molecule has 0 spiro atoms. The monoisotopic (exact) mass is 494 g/mol. The third kappa shape index (κ3) is 5.59. The zero-order valence-corrected chi connectivity index (χ0v) is 20.4. The fraction of sp³-hybridized carbons (Fsp3) is 0.259. The fourth-order valence-electron chi connectivity index (χ4n) is 4.16. The molecule has 1 fully saturated rings. The number of nitrogens with one attached hydrogen (secondary N) is 1. The third-order valence-electron chi connectivity index (χ3n) is 6.31. The molecule has 3 aromatic rings. The minimum Gasteiger partial charge on any atom is -0.339 e. The molecule has 1 amide bonds. The first-order valence-corrected chi connectivity index (χ1v) is 12.9. The van der Waals surface area contributed by atoms with Gasteiger partial charge in [0.15, 0.2) is 5.78 Å². The molecule has 1 aliphatic heterocycles. The molecule has 1 N–H and O–H groups in total. The van der Waals surface area contributed by atoms with Crippen LogP contribution in [0.1, 0.15) is 44.7 Å². The number of piperidine rings is 1. The molecule has 1 heterocycles. The Morgan fingerprint density at radius 2 is 1.49 bits per heavy atom. The van der Waals surface area contributed by atoms with Crippen molar-refractivity contribution in [2.45, 2.75) is 31.6 Å². The van der Waals surface area contributed by atoms with Gasteiger partial charge < -0.3 is 4.90 Å². The Morgan fingerprint density at radius 3 is 2.09 bits per heavy atom. The van der Waals surface area contributed by atoms with Crippen LogP contribution >= 0.6 is 0 Å². The maximum atomic E-state index is 13.5. The molecule has 0 aromatic heterocycles. The summed E-state index contributed by atoms with van der Waals surface area (Å²) in [7, 11) is -3.89. The van der Waals surface area contributed by atoms with Gasteiger partial charge in [0.05, 0.1) is 4.90 Å². The van der Waals surface area contributed by atoms with Gasteiger partial charge in [-0.25, -0.2) is 12.8 Å². The van der Waals surface area contributed by atoms with Gasteiger partial charge in [-0.15, -0.1) is 0 Å². The summed E-state index contributed by atoms with van der Waals surface area (Å²) in [6.07, 6.45) is 1.21. The van der Waals surface area contributed by atoms with Crippen molar-refractivity contribution < 1.29 is 22.4 Å². The summed E-state index contributed by atoms with van der Waals surface area (Å²) in [4.78, 5) is 27.4. The number of rotatable bonds is 6. The first kappa shape index (κ1) is 24.6. The molecule has 1 saturated heterocycles. The van der Waals surface area contributed by atoms with Crippen LogP contribution in [0.5, 0.6) is 0 Å². The van der Waals surface area contributed by atoms with Gasteiger partial charge in [0.1, 0.15) is 5.82 Å². The molecule has 182 valence electrons. The molecule has 0 radical (unpaired) electrons. The smallest absolute Gasteiger partial charge is 0.261 e. The predicted molar refractivity (Wildman–Crippen MR) is 133 cm³/mol. The minimum absolute atomic E-state index is 0.0420. The van der Waals surface area contributed by atoms with Crippen molar-refractivity contribution in [1.29, 1.82) is 0 Å². The normalized spacial score (nSPS) is 14.5. The van der Waals surface area contributed by atoms with Crippen molar-refractivity contribution >= 4 is 27.4 Å². The molecular weight excluding hydrogens is 467 g/mol. The quantitative estimate of drug-likeness (QED) is 0.490. The highest BCUT2D eigenvalue weighted by Gasteiger charge is 2.28. The number of halogens is 1. The number of amides is 1. The zero-order valence-electron chi connectivity index (χ0n) is 19.6. The minimum atomic E-state index is -3.89. The van der Waals surface area contributed by atoms with Crippen molar-refractivity contribution in [3.05, 3.63) is 94.8 Å². The number of likely N-dealkylation sites (tertiary alicyclic amines) is 1. The molecule has 0 saturated carbocycles. The molecule has 0 atom stereocenters. The van der Waals surface area contributed by atoms with Crippen LogP contribution in [0.15, 0.2) is 71.6 Å². The summed E-state index contributed by atoms with van der Waals surface area (Å²) >= 11 is 0. The molecule has 35 heavy (non-hydrogen) atoms. The summed E-state index contributed by atoms with van der Waals surface area (Å²) < 4.78 is 41.1. The molecule has 6 nitrogen and oxygen atoms in total. The SMILES string of the molecule is Cc1ccc(C(=O)C2CCN(C(=O)c3ccc(NS(=O)(=O)c4ccc(F)c(C)c4)cc3)CC2)cc1. The lowest BCUT2D eigenvalue weighted by molar-refractivity contribution is 0.0650. The lowest BCUT2D eigenvalue weighted by Crippen LogP contribution is -2.40. The van der Waals surface area contributed by atoms with Gasteiger partial charge >= 0.3 is 0 Å². The van der Waals surface area contributed by atoms with Gasteiger partial charge in [-0.3, -0.25) is 14.3 Å². The number of benzene rings is 3. The number of hydrogen-bond acceptors (Lipinski definition) is 4. The Bertz CT molecular complexity index is 1340. The van der Waals surface area contributed by atoms with E-state index in [2.05, 4.69) is 4.72 Å².